The van der Waals surface area contributed by atoms with Gasteiger partial charge in [-0.15, -0.1) is 0 Å². The summed E-state index contributed by atoms with van der Waals surface area (Å²) >= 11 is 0. The molecule has 2 N–H and O–H groups in total. The fraction of sp³-hybridized carbons (Fsp3) is 0.533. The number of urea groups is 1. The first-order valence-electron chi connectivity index (χ1n) is 6.32. The SMILES string of the molecule is Cc1cc(C(C)(C)C)ccc1CCN(C)C(N)=O. The van der Waals surface area contributed by atoms with Gasteiger partial charge in [0.15, 0.2) is 0 Å². The molecular weight excluding hydrogens is 224 g/mol. The van der Waals surface area contributed by atoms with E-state index < -0.39 is 0 Å². The number of rotatable bonds is 3. The van der Waals surface area contributed by atoms with Gasteiger partial charge in [0, 0.05) is 13.6 Å². The van der Waals surface area contributed by atoms with E-state index in [1.54, 1.807) is 7.05 Å². The molecule has 3 nitrogen and oxygen atoms in total. The van der Waals surface area contributed by atoms with Crippen molar-refractivity contribution in [1.82, 2.24) is 4.90 Å². The van der Waals surface area contributed by atoms with Gasteiger partial charge >= 0.3 is 6.03 Å². The molecule has 0 unspecified atom stereocenters. The molecule has 0 spiro atoms. The second-order valence-electron chi connectivity index (χ2n) is 5.90. The highest BCUT2D eigenvalue weighted by molar-refractivity contribution is 5.71. The number of nitrogens with two attached hydrogens (primary N) is 1. The number of carbonyl (C=O) groups excluding carboxylic acids is 1. The van der Waals surface area contributed by atoms with E-state index in [1.165, 1.54) is 21.6 Å². The third kappa shape index (κ3) is 3.76. The van der Waals surface area contributed by atoms with Crippen molar-refractivity contribution < 1.29 is 4.79 Å². The van der Waals surface area contributed by atoms with Crippen molar-refractivity contribution >= 4 is 6.03 Å². The number of aryl methyl sites for hydroxylation is 1. The van der Waals surface area contributed by atoms with Gasteiger partial charge in [-0.05, 0) is 35.4 Å². The lowest BCUT2D eigenvalue weighted by molar-refractivity contribution is 0.219. The Morgan fingerprint density at radius 3 is 2.39 bits per heavy atom. The quantitative estimate of drug-likeness (QED) is 0.878. The Hall–Kier alpha value is -1.51. The van der Waals surface area contributed by atoms with Crippen LogP contribution in [0, 0.1) is 6.92 Å². The summed E-state index contributed by atoms with van der Waals surface area (Å²) < 4.78 is 0. The molecule has 0 radical (unpaired) electrons. The van der Waals surface area contributed by atoms with E-state index in [0.29, 0.717) is 6.54 Å². The highest BCUT2D eigenvalue weighted by Crippen LogP contribution is 2.24. The van der Waals surface area contributed by atoms with Crippen LogP contribution in [0.4, 0.5) is 4.79 Å². The molecule has 0 heterocycles. The van der Waals surface area contributed by atoms with E-state index in [9.17, 15) is 4.79 Å². The van der Waals surface area contributed by atoms with Crippen LogP contribution in [0.2, 0.25) is 0 Å². The Balaban J connectivity index is 2.78. The summed E-state index contributed by atoms with van der Waals surface area (Å²) in [5, 5.41) is 0. The van der Waals surface area contributed by atoms with Crippen LogP contribution in [0.15, 0.2) is 18.2 Å². The zero-order valence-corrected chi connectivity index (χ0v) is 12.1. The van der Waals surface area contributed by atoms with Crippen molar-refractivity contribution in [3.8, 4) is 0 Å². The molecule has 0 bridgehead atoms. The fourth-order valence-corrected chi connectivity index (χ4v) is 1.84. The lowest BCUT2D eigenvalue weighted by atomic mass is 9.85. The van der Waals surface area contributed by atoms with Gasteiger partial charge in [0.2, 0.25) is 0 Å². The Labute approximate surface area is 110 Å². The number of carbonyl (C=O) groups is 1. The minimum Gasteiger partial charge on any atom is -0.351 e. The van der Waals surface area contributed by atoms with Crippen LogP contribution < -0.4 is 5.73 Å². The second kappa shape index (κ2) is 5.42. The van der Waals surface area contributed by atoms with Crippen LogP contribution in [0.3, 0.4) is 0 Å². The molecule has 1 rings (SSSR count). The third-order valence-corrected chi connectivity index (χ3v) is 3.30. The average molecular weight is 248 g/mol. The Bertz CT molecular complexity index is 433. The smallest absolute Gasteiger partial charge is 0.314 e. The first-order valence-corrected chi connectivity index (χ1v) is 6.32. The van der Waals surface area contributed by atoms with Crippen LogP contribution in [-0.4, -0.2) is 24.5 Å². The van der Waals surface area contributed by atoms with Crippen LogP contribution in [0.5, 0.6) is 0 Å². The van der Waals surface area contributed by atoms with Crippen LogP contribution in [0.1, 0.15) is 37.5 Å². The highest BCUT2D eigenvalue weighted by atomic mass is 16.2. The predicted octanol–water partition coefficient (Wildman–Crippen LogP) is 2.85. The number of hydrogen-bond acceptors (Lipinski definition) is 1. The van der Waals surface area contributed by atoms with Crippen molar-refractivity contribution in [1.29, 1.82) is 0 Å². The number of likely N-dealkylation sites (N-methyl/N-ethyl adjacent to an activating group) is 1. The van der Waals surface area contributed by atoms with E-state index in [4.69, 9.17) is 5.73 Å². The standard InChI is InChI=1S/C15H24N2O/c1-11-10-13(15(2,3)4)7-6-12(11)8-9-17(5)14(16)18/h6-7,10H,8-9H2,1-5H3,(H2,16,18). The predicted molar refractivity (Wildman–Crippen MR) is 75.8 cm³/mol. The molecule has 0 atom stereocenters. The summed E-state index contributed by atoms with van der Waals surface area (Å²) in [5.74, 6) is 0. The molecular formula is C15H24N2O. The number of primary amides is 1. The number of hydrogen-bond donors (Lipinski definition) is 1. The molecule has 0 aliphatic heterocycles. The Morgan fingerprint density at radius 2 is 1.94 bits per heavy atom. The van der Waals surface area contributed by atoms with Crippen LogP contribution in [-0.2, 0) is 11.8 Å². The van der Waals surface area contributed by atoms with Crippen molar-refractivity contribution in [3.63, 3.8) is 0 Å². The largest absolute Gasteiger partial charge is 0.351 e. The molecule has 100 valence electrons. The maximum absolute atomic E-state index is 10.9. The number of benzene rings is 1. The Morgan fingerprint density at radius 1 is 1.33 bits per heavy atom. The van der Waals surface area contributed by atoms with Gasteiger partial charge in [-0.25, -0.2) is 4.79 Å². The van der Waals surface area contributed by atoms with Gasteiger partial charge < -0.3 is 10.6 Å². The van der Waals surface area contributed by atoms with Gasteiger partial charge in [-0.3, -0.25) is 0 Å². The first kappa shape index (κ1) is 14.6. The van der Waals surface area contributed by atoms with Gasteiger partial charge in [0.25, 0.3) is 0 Å². The fourth-order valence-electron chi connectivity index (χ4n) is 1.84. The van der Waals surface area contributed by atoms with E-state index in [1.807, 2.05) is 0 Å². The molecule has 0 saturated heterocycles. The van der Waals surface area contributed by atoms with E-state index in [2.05, 4.69) is 45.9 Å². The molecule has 1 aromatic carbocycles. The maximum Gasteiger partial charge on any atom is 0.314 e. The van der Waals surface area contributed by atoms with Gasteiger partial charge in [0.1, 0.15) is 0 Å². The average Bonchev–Trinajstić information content (AvgIpc) is 2.25. The molecule has 0 aliphatic carbocycles. The van der Waals surface area contributed by atoms with Gasteiger partial charge in [-0.2, -0.15) is 0 Å². The minimum absolute atomic E-state index is 0.174. The first-order chi connectivity index (χ1) is 8.21. The molecule has 0 fully saturated rings. The van der Waals surface area contributed by atoms with Crippen LogP contribution >= 0.6 is 0 Å². The van der Waals surface area contributed by atoms with E-state index in [0.717, 1.165) is 6.42 Å². The van der Waals surface area contributed by atoms with Gasteiger partial charge in [0.05, 0.1) is 0 Å². The summed E-state index contributed by atoms with van der Waals surface area (Å²) in [6.07, 6.45) is 0.843. The monoisotopic (exact) mass is 248 g/mol. The van der Waals surface area contributed by atoms with Gasteiger partial charge in [-0.1, -0.05) is 39.0 Å². The molecule has 0 saturated carbocycles. The second-order valence-corrected chi connectivity index (χ2v) is 5.90. The van der Waals surface area contributed by atoms with Crippen molar-refractivity contribution in [2.75, 3.05) is 13.6 Å². The van der Waals surface area contributed by atoms with Crippen molar-refractivity contribution in [2.45, 2.75) is 39.5 Å². The topological polar surface area (TPSA) is 46.3 Å². The lowest BCUT2D eigenvalue weighted by Crippen LogP contribution is -2.33. The minimum atomic E-state index is -0.376. The normalized spacial score (nSPS) is 11.4. The highest BCUT2D eigenvalue weighted by Gasteiger charge is 2.14. The molecule has 3 heteroatoms. The summed E-state index contributed by atoms with van der Waals surface area (Å²) in [6.45, 7) is 9.41. The number of nitrogens with zero attached hydrogens (tertiary/aromatic N) is 1. The summed E-state index contributed by atoms with van der Waals surface area (Å²) in [7, 11) is 1.72. The lowest BCUT2D eigenvalue weighted by Gasteiger charge is -2.21. The van der Waals surface area contributed by atoms with Crippen molar-refractivity contribution in [3.05, 3.63) is 34.9 Å². The molecule has 0 aromatic heterocycles. The molecule has 18 heavy (non-hydrogen) atoms. The van der Waals surface area contributed by atoms with E-state index >= 15 is 0 Å². The molecule has 2 amide bonds. The summed E-state index contributed by atoms with van der Waals surface area (Å²) in [5.41, 5.74) is 9.27. The molecule has 1 aromatic rings. The van der Waals surface area contributed by atoms with Crippen LogP contribution in [0.25, 0.3) is 0 Å². The zero-order chi connectivity index (χ0) is 13.9. The maximum atomic E-state index is 10.9. The summed E-state index contributed by atoms with van der Waals surface area (Å²) in [4.78, 5) is 12.5. The third-order valence-electron chi connectivity index (χ3n) is 3.30. The van der Waals surface area contributed by atoms with Crippen molar-refractivity contribution in [2.24, 2.45) is 5.73 Å². The number of amides is 2. The van der Waals surface area contributed by atoms with E-state index in [-0.39, 0.29) is 11.4 Å². The Kier molecular flexibility index (Phi) is 4.38. The molecule has 0 aliphatic rings. The zero-order valence-electron chi connectivity index (χ0n) is 12.1. The summed E-state index contributed by atoms with van der Waals surface area (Å²) in [6, 6.07) is 6.19.